The fraction of sp³-hybridized carbons (Fsp3) is 0.455. The number of carbonyl (C=O) groups is 1. The third-order valence-electron chi connectivity index (χ3n) is 2.05. The number of nitrogens with zero attached hydrogens (tertiary/aromatic N) is 1. The Morgan fingerprint density at radius 1 is 1.44 bits per heavy atom. The van der Waals surface area contributed by atoms with Gasteiger partial charge in [0.05, 0.1) is 24.5 Å². The molecule has 7 heteroatoms. The van der Waals surface area contributed by atoms with Crippen molar-refractivity contribution in [1.29, 1.82) is 0 Å². The summed E-state index contributed by atoms with van der Waals surface area (Å²) >= 11 is 0. The lowest BCUT2D eigenvalue weighted by Gasteiger charge is -2.07. The standard InChI is InChI=1S/C11H17N3O2.2ClH/c1-9-10(4-3-5-13-9)14-11(15)8-12-6-7-16-2;;/h3-5,12H,6-8H2,1-2H3,(H,14,15);2*1H. The van der Waals surface area contributed by atoms with Crippen LogP contribution in [0, 0.1) is 6.92 Å². The van der Waals surface area contributed by atoms with E-state index in [0.29, 0.717) is 13.2 Å². The first-order valence-electron chi connectivity index (χ1n) is 5.15. The SMILES string of the molecule is COCCNCC(=O)Nc1cccnc1C.Cl.Cl. The van der Waals surface area contributed by atoms with Gasteiger partial charge in [-0.25, -0.2) is 0 Å². The Bertz CT molecular complexity index is 351. The van der Waals surface area contributed by atoms with Crippen molar-refractivity contribution < 1.29 is 9.53 Å². The van der Waals surface area contributed by atoms with Crippen LogP contribution in [0.4, 0.5) is 5.69 Å². The Morgan fingerprint density at radius 2 is 2.17 bits per heavy atom. The molecular weight excluding hydrogens is 277 g/mol. The molecule has 1 heterocycles. The summed E-state index contributed by atoms with van der Waals surface area (Å²) in [5, 5.41) is 5.75. The smallest absolute Gasteiger partial charge is 0.238 e. The summed E-state index contributed by atoms with van der Waals surface area (Å²) in [6.45, 7) is 3.39. The maximum absolute atomic E-state index is 11.5. The summed E-state index contributed by atoms with van der Waals surface area (Å²) in [5.74, 6) is -0.0767. The maximum atomic E-state index is 11.5. The average Bonchev–Trinajstić information content (AvgIpc) is 2.28. The number of halogens is 2. The van der Waals surface area contributed by atoms with Crippen molar-refractivity contribution in [3.8, 4) is 0 Å². The molecule has 0 aromatic carbocycles. The number of rotatable bonds is 6. The number of pyridine rings is 1. The summed E-state index contributed by atoms with van der Waals surface area (Å²) in [6.07, 6.45) is 1.70. The molecule has 1 aromatic heterocycles. The molecule has 1 amide bonds. The summed E-state index contributed by atoms with van der Waals surface area (Å²) < 4.78 is 4.86. The predicted molar refractivity (Wildman–Crippen MR) is 76.8 cm³/mol. The second-order valence-corrected chi connectivity index (χ2v) is 3.35. The van der Waals surface area contributed by atoms with Crippen LogP contribution in [0.25, 0.3) is 0 Å². The van der Waals surface area contributed by atoms with Crippen LogP contribution >= 0.6 is 24.8 Å². The monoisotopic (exact) mass is 295 g/mol. The van der Waals surface area contributed by atoms with Gasteiger partial charge in [-0.15, -0.1) is 24.8 Å². The highest BCUT2D eigenvalue weighted by Gasteiger charge is 2.03. The average molecular weight is 296 g/mol. The first-order chi connectivity index (χ1) is 7.74. The molecule has 1 aromatic rings. The van der Waals surface area contributed by atoms with Gasteiger partial charge in [-0.2, -0.15) is 0 Å². The van der Waals surface area contributed by atoms with E-state index >= 15 is 0 Å². The van der Waals surface area contributed by atoms with Crippen molar-refractivity contribution in [2.24, 2.45) is 0 Å². The van der Waals surface area contributed by atoms with Crippen molar-refractivity contribution in [2.75, 3.05) is 32.1 Å². The summed E-state index contributed by atoms with van der Waals surface area (Å²) in [7, 11) is 1.63. The van der Waals surface area contributed by atoms with Crippen molar-refractivity contribution >= 4 is 36.4 Å². The molecule has 0 atom stereocenters. The third-order valence-corrected chi connectivity index (χ3v) is 2.05. The lowest BCUT2D eigenvalue weighted by atomic mass is 10.3. The number of hydrogen-bond donors (Lipinski definition) is 2. The zero-order valence-corrected chi connectivity index (χ0v) is 12.1. The highest BCUT2D eigenvalue weighted by atomic mass is 35.5. The van der Waals surface area contributed by atoms with Gasteiger partial charge in [-0.3, -0.25) is 9.78 Å². The van der Waals surface area contributed by atoms with Crippen molar-refractivity contribution in [1.82, 2.24) is 10.3 Å². The lowest BCUT2D eigenvalue weighted by molar-refractivity contribution is -0.115. The fourth-order valence-electron chi connectivity index (χ4n) is 1.19. The van der Waals surface area contributed by atoms with Gasteiger partial charge in [0.2, 0.25) is 5.91 Å². The topological polar surface area (TPSA) is 63.2 Å². The van der Waals surface area contributed by atoms with Gasteiger partial charge in [0.15, 0.2) is 0 Å². The molecule has 0 saturated carbocycles. The first-order valence-corrected chi connectivity index (χ1v) is 5.15. The molecule has 1 rings (SSSR count). The van der Waals surface area contributed by atoms with Crippen LogP contribution in [0.2, 0.25) is 0 Å². The molecular formula is C11H19Cl2N3O2. The minimum Gasteiger partial charge on any atom is -0.383 e. The zero-order chi connectivity index (χ0) is 11.8. The number of anilines is 1. The van der Waals surface area contributed by atoms with Gasteiger partial charge >= 0.3 is 0 Å². The predicted octanol–water partition coefficient (Wildman–Crippen LogP) is 1.41. The lowest BCUT2D eigenvalue weighted by Crippen LogP contribution is -2.30. The largest absolute Gasteiger partial charge is 0.383 e. The van der Waals surface area contributed by atoms with Gasteiger partial charge < -0.3 is 15.4 Å². The van der Waals surface area contributed by atoms with Crippen LogP contribution in [-0.2, 0) is 9.53 Å². The van der Waals surface area contributed by atoms with E-state index in [-0.39, 0.29) is 37.3 Å². The quantitative estimate of drug-likeness (QED) is 0.779. The van der Waals surface area contributed by atoms with Gasteiger partial charge in [-0.05, 0) is 19.1 Å². The number of amides is 1. The van der Waals surface area contributed by atoms with Crippen LogP contribution in [0.5, 0.6) is 0 Å². The molecule has 0 radical (unpaired) electrons. The minimum atomic E-state index is -0.0767. The van der Waals surface area contributed by atoms with Crippen LogP contribution in [0.1, 0.15) is 5.69 Å². The van der Waals surface area contributed by atoms with Crippen LogP contribution < -0.4 is 10.6 Å². The van der Waals surface area contributed by atoms with E-state index < -0.39 is 0 Å². The molecule has 0 bridgehead atoms. The zero-order valence-electron chi connectivity index (χ0n) is 10.4. The van der Waals surface area contributed by atoms with Gasteiger partial charge in [0.1, 0.15) is 0 Å². The Hall–Kier alpha value is -0.880. The molecule has 0 saturated heterocycles. The van der Waals surface area contributed by atoms with Crippen molar-refractivity contribution in [3.63, 3.8) is 0 Å². The molecule has 2 N–H and O–H groups in total. The summed E-state index contributed by atoms with van der Waals surface area (Å²) in [5.41, 5.74) is 1.56. The summed E-state index contributed by atoms with van der Waals surface area (Å²) in [6, 6.07) is 3.62. The number of carbonyl (C=O) groups excluding carboxylic acids is 1. The number of aromatic nitrogens is 1. The van der Waals surface area contributed by atoms with Gasteiger partial charge in [0, 0.05) is 19.9 Å². The van der Waals surface area contributed by atoms with Crippen molar-refractivity contribution in [2.45, 2.75) is 6.92 Å². The van der Waals surface area contributed by atoms with E-state index in [9.17, 15) is 4.79 Å². The summed E-state index contributed by atoms with van der Waals surface area (Å²) in [4.78, 5) is 15.6. The normalized spacial score (nSPS) is 9.00. The molecule has 0 spiro atoms. The number of ether oxygens (including phenoxy) is 1. The Balaban J connectivity index is 0. The van der Waals surface area contributed by atoms with Crippen LogP contribution in [-0.4, -0.2) is 37.7 Å². The molecule has 0 aliphatic heterocycles. The number of aryl methyl sites for hydroxylation is 1. The number of nitrogens with one attached hydrogen (secondary N) is 2. The molecule has 0 fully saturated rings. The van der Waals surface area contributed by atoms with Gasteiger partial charge in [-0.1, -0.05) is 0 Å². The van der Waals surface area contributed by atoms with E-state index in [0.717, 1.165) is 11.4 Å². The van der Waals surface area contributed by atoms with E-state index in [1.54, 1.807) is 19.4 Å². The van der Waals surface area contributed by atoms with Crippen LogP contribution in [0.3, 0.4) is 0 Å². The van der Waals surface area contributed by atoms with E-state index in [2.05, 4.69) is 15.6 Å². The van der Waals surface area contributed by atoms with Crippen LogP contribution in [0.15, 0.2) is 18.3 Å². The van der Waals surface area contributed by atoms with E-state index in [1.165, 1.54) is 0 Å². The molecule has 5 nitrogen and oxygen atoms in total. The second-order valence-electron chi connectivity index (χ2n) is 3.35. The van der Waals surface area contributed by atoms with E-state index in [1.807, 2.05) is 13.0 Å². The van der Waals surface area contributed by atoms with Crippen molar-refractivity contribution in [3.05, 3.63) is 24.0 Å². The Morgan fingerprint density at radius 3 is 2.78 bits per heavy atom. The van der Waals surface area contributed by atoms with Gasteiger partial charge in [0.25, 0.3) is 0 Å². The molecule has 18 heavy (non-hydrogen) atoms. The molecule has 104 valence electrons. The third kappa shape index (κ3) is 7.45. The fourth-order valence-corrected chi connectivity index (χ4v) is 1.19. The first kappa shape index (κ1) is 19.5. The number of methoxy groups -OCH3 is 1. The second kappa shape index (κ2) is 11.2. The highest BCUT2D eigenvalue weighted by molar-refractivity contribution is 5.92. The Kier molecular flexibility index (Phi) is 12.1. The van der Waals surface area contributed by atoms with E-state index in [4.69, 9.17) is 4.74 Å². The maximum Gasteiger partial charge on any atom is 0.238 e. The number of hydrogen-bond acceptors (Lipinski definition) is 4. The molecule has 0 aliphatic rings. The minimum absolute atomic E-state index is 0. The Labute approximate surface area is 120 Å². The molecule has 0 aliphatic carbocycles. The highest BCUT2D eigenvalue weighted by Crippen LogP contribution is 2.09. The molecule has 0 unspecified atom stereocenters.